The third kappa shape index (κ3) is 3.89. The molecular weight excluding hydrogens is 271 g/mol. The predicted molar refractivity (Wildman–Crippen MR) is 68.4 cm³/mol. The molecule has 0 unspecified atom stereocenters. The number of hydrogen-bond acceptors (Lipinski definition) is 2. The van der Waals surface area contributed by atoms with E-state index in [2.05, 4.69) is 0 Å². The first-order valence-electron chi connectivity index (χ1n) is 5.72. The van der Waals surface area contributed by atoms with Crippen molar-refractivity contribution in [2.45, 2.75) is 27.2 Å². The Labute approximate surface area is 157 Å². The van der Waals surface area contributed by atoms with Crippen molar-refractivity contribution >= 4 is 11.9 Å². The van der Waals surface area contributed by atoms with Gasteiger partial charge in [-0.1, -0.05) is 51.1 Å². The molecule has 1 rings (SSSR count). The van der Waals surface area contributed by atoms with Gasteiger partial charge in [-0.3, -0.25) is 9.59 Å². The zero-order chi connectivity index (χ0) is 14.0. The quantitative estimate of drug-likeness (QED) is 0.582. The molecule has 0 heterocycles. The average molecular weight is 290 g/mol. The van der Waals surface area contributed by atoms with Crippen molar-refractivity contribution in [3.05, 3.63) is 35.9 Å². The molecule has 0 radical (unpaired) electrons. The van der Waals surface area contributed by atoms with Crippen LogP contribution in [0, 0.1) is 10.8 Å². The van der Waals surface area contributed by atoms with E-state index in [-0.39, 0.29) is 59.2 Å². The summed E-state index contributed by atoms with van der Waals surface area (Å²) in [5, 5.41) is 18.8. The van der Waals surface area contributed by atoms with Gasteiger partial charge in [-0.2, -0.15) is 0 Å². The fraction of sp³-hybridized carbons (Fsp3) is 0.429. The molecule has 0 fully saturated rings. The Morgan fingerprint density at radius 1 is 1.05 bits per heavy atom. The Morgan fingerprint density at radius 2 is 1.47 bits per heavy atom. The molecule has 100 valence electrons. The standard InChI is InChI=1S/C14H18O4.K.H/c1-13(2,3)14(11(15)16,12(17)18)9-10-7-5-4-6-8-10;;/h4-8H,9H2,1-3H3,(H,15,16)(H,17,18);;/q;+1;-1. The third-order valence-electron chi connectivity index (χ3n) is 3.32. The molecule has 2 N–H and O–H groups in total. The van der Waals surface area contributed by atoms with Gasteiger partial charge in [0.15, 0.2) is 5.41 Å². The first-order chi connectivity index (χ1) is 8.22. The van der Waals surface area contributed by atoms with Crippen LogP contribution in [0.25, 0.3) is 0 Å². The van der Waals surface area contributed by atoms with Gasteiger partial charge in [0.1, 0.15) is 0 Å². The summed E-state index contributed by atoms with van der Waals surface area (Å²) in [4.78, 5) is 23.1. The van der Waals surface area contributed by atoms with E-state index >= 15 is 0 Å². The maximum atomic E-state index is 11.5. The van der Waals surface area contributed by atoms with Crippen LogP contribution in [0.4, 0.5) is 0 Å². The molecule has 0 atom stereocenters. The Morgan fingerprint density at radius 3 is 1.79 bits per heavy atom. The summed E-state index contributed by atoms with van der Waals surface area (Å²) in [6.07, 6.45) is -0.0258. The van der Waals surface area contributed by atoms with Gasteiger partial charge in [-0.05, 0) is 17.4 Å². The number of benzene rings is 1. The second-order valence-electron chi connectivity index (χ2n) is 5.43. The zero-order valence-corrected chi connectivity index (χ0v) is 14.9. The summed E-state index contributed by atoms with van der Waals surface area (Å²) < 4.78 is 0. The van der Waals surface area contributed by atoms with Crippen LogP contribution >= 0.6 is 0 Å². The van der Waals surface area contributed by atoms with Gasteiger partial charge >= 0.3 is 63.3 Å². The van der Waals surface area contributed by atoms with Gasteiger partial charge < -0.3 is 11.6 Å². The molecule has 0 spiro atoms. The van der Waals surface area contributed by atoms with Gasteiger partial charge in [0.25, 0.3) is 0 Å². The van der Waals surface area contributed by atoms with Gasteiger partial charge in [0.2, 0.25) is 0 Å². The molecule has 0 bridgehead atoms. The van der Waals surface area contributed by atoms with Gasteiger partial charge in [0.05, 0.1) is 0 Å². The largest absolute Gasteiger partial charge is 1.00 e. The number of carboxylic acid groups (broad SMARTS) is 2. The van der Waals surface area contributed by atoms with Gasteiger partial charge in [-0.25, -0.2) is 0 Å². The van der Waals surface area contributed by atoms with Crippen molar-refractivity contribution in [1.82, 2.24) is 0 Å². The van der Waals surface area contributed by atoms with E-state index in [1.165, 1.54) is 0 Å². The SMILES string of the molecule is CC(C)(C)C(Cc1ccccc1)(C(=O)O)C(=O)O.[H-].[K+]. The molecule has 0 aliphatic carbocycles. The van der Waals surface area contributed by atoms with E-state index in [1.54, 1.807) is 45.0 Å². The van der Waals surface area contributed by atoms with Crippen LogP contribution in [0.1, 0.15) is 27.8 Å². The minimum absolute atomic E-state index is 0. The summed E-state index contributed by atoms with van der Waals surface area (Å²) in [5.74, 6) is -2.60. The maximum absolute atomic E-state index is 11.5. The number of aliphatic carboxylic acids is 2. The molecule has 0 aromatic heterocycles. The molecule has 0 saturated carbocycles. The molecule has 1 aromatic carbocycles. The fourth-order valence-corrected chi connectivity index (χ4v) is 2.05. The summed E-state index contributed by atoms with van der Waals surface area (Å²) in [5.41, 5.74) is -2.01. The smallest absolute Gasteiger partial charge is 1.00 e. The predicted octanol–water partition coefficient (Wildman–Crippen LogP) is -0.453. The molecule has 1 aromatic rings. The van der Waals surface area contributed by atoms with Crippen LogP contribution in [-0.2, 0) is 16.0 Å². The average Bonchev–Trinajstić information content (AvgIpc) is 2.24. The summed E-state index contributed by atoms with van der Waals surface area (Å²) in [6.45, 7) is 4.91. The van der Waals surface area contributed by atoms with Gasteiger partial charge in [-0.15, -0.1) is 0 Å². The minimum atomic E-state index is -1.83. The fourth-order valence-electron chi connectivity index (χ4n) is 2.05. The van der Waals surface area contributed by atoms with E-state index in [0.29, 0.717) is 5.56 Å². The minimum Gasteiger partial charge on any atom is -1.00 e. The van der Waals surface area contributed by atoms with E-state index in [9.17, 15) is 19.8 Å². The van der Waals surface area contributed by atoms with E-state index in [0.717, 1.165) is 0 Å². The summed E-state index contributed by atoms with van der Waals surface area (Å²) in [6, 6.07) is 8.83. The van der Waals surface area contributed by atoms with E-state index in [4.69, 9.17) is 0 Å². The topological polar surface area (TPSA) is 74.6 Å². The van der Waals surface area contributed by atoms with Crippen LogP contribution in [0.15, 0.2) is 30.3 Å². The van der Waals surface area contributed by atoms with E-state index < -0.39 is 22.8 Å². The molecule has 0 aliphatic heterocycles. The van der Waals surface area contributed by atoms with Crippen molar-refractivity contribution < 1.29 is 72.6 Å². The van der Waals surface area contributed by atoms with Crippen molar-refractivity contribution in [3.63, 3.8) is 0 Å². The third-order valence-corrected chi connectivity index (χ3v) is 3.32. The molecule has 19 heavy (non-hydrogen) atoms. The number of hydrogen-bond donors (Lipinski definition) is 2. The van der Waals surface area contributed by atoms with E-state index in [1.807, 2.05) is 6.07 Å². The number of rotatable bonds is 4. The molecule has 4 nitrogen and oxygen atoms in total. The number of carbonyl (C=O) groups is 2. The molecular formula is C14H19KO4. The Balaban J connectivity index is 0. The first kappa shape index (κ1) is 18.8. The Bertz CT molecular complexity index is 440. The monoisotopic (exact) mass is 290 g/mol. The van der Waals surface area contributed by atoms with Crippen LogP contribution in [0.3, 0.4) is 0 Å². The van der Waals surface area contributed by atoms with Crippen LogP contribution in [0.5, 0.6) is 0 Å². The Kier molecular flexibility index (Phi) is 6.92. The Hall–Kier alpha value is -0.204. The van der Waals surface area contributed by atoms with Crippen molar-refractivity contribution in [2.75, 3.05) is 0 Å². The van der Waals surface area contributed by atoms with Crippen molar-refractivity contribution in [3.8, 4) is 0 Å². The van der Waals surface area contributed by atoms with Crippen LogP contribution in [-0.4, -0.2) is 22.2 Å². The first-order valence-corrected chi connectivity index (χ1v) is 5.72. The molecule has 0 aliphatic rings. The zero-order valence-electron chi connectivity index (χ0n) is 12.8. The number of carboxylic acids is 2. The summed E-state index contributed by atoms with van der Waals surface area (Å²) >= 11 is 0. The summed E-state index contributed by atoms with van der Waals surface area (Å²) in [7, 11) is 0. The van der Waals surface area contributed by atoms with Crippen molar-refractivity contribution in [2.24, 2.45) is 10.8 Å². The molecule has 5 heteroatoms. The van der Waals surface area contributed by atoms with Crippen LogP contribution in [0.2, 0.25) is 0 Å². The van der Waals surface area contributed by atoms with Crippen LogP contribution < -0.4 is 51.4 Å². The maximum Gasteiger partial charge on any atom is 1.00 e. The molecule has 0 amide bonds. The van der Waals surface area contributed by atoms with Gasteiger partial charge in [0, 0.05) is 0 Å². The molecule has 0 saturated heterocycles. The normalized spacial score (nSPS) is 11.5. The second kappa shape index (κ2) is 6.99. The van der Waals surface area contributed by atoms with Crippen molar-refractivity contribution in [1.29, 1.82) is 0 Å². The second-order valence-corrected chi connectivity index (χ2v) is 5.43.